The van der Waals surface area contributed by atoms with Crippen LogP contribution in [0.15, 0.2) is 30.3 Å². The van der Waals surface area contributed by atoms with Crippen molar-refractivity contribution in [2.75, 3.05) is 6.54 Å². The Morgan fingerprint density at radius 2 is 1.62 bits per heavy atom. The Hall–Kier alpha value is -2.92. The third-order valence-electron chi connectivity index (χ3n) is 5.46. The molecule has 1 aromatic rings. The van der Waals surface area contributed by atoms with Crippen molar-refractivity contribution in [1.29, 1.82) is 0 Å². The largest absolute Gasteiger partial charge is 0.480 e. The minimum absolute atomic E-state index is 0.0276. The van der Waals surface area contributed by atoms with Crippen LogP contribution in [0.25, 0.3) is 0 Å². The highest BCUT2D eigenvalue weighted by Gasteiger charge is 2.33. The summed E-state index contributed by atoms with van der Waals surface area (Å²) in [5, 5.41) is 29.3. The van der Waals surface area contributed by atoms with E-state index in [1.165, 1.54) is 13.8 Å². The maximum Gasteiger partial charge on any atom is 0.480 e. The van der Waals surface area contributed by atoms with E-state index in [4.69, 9.17) is 0 Å². The van der Waals surface area contributed by atoms with Crippen LogP contribution in [0.4, 0.5) is 0 Å². The maximum atomic E-state index is 12.7. The first-order chi connectivity index (χ1) is 15.2. The standard InChI is InChI=1S/C21H31BN4O6/c1-13(24-21(30)18(25-14(2)27)15-8-6-7-9-15)20(29)23-12-17(28)26-19(22(31)32)16-10-4-3-5-11-16/h3-5,10-11,13,15,18-19,31-32H,6-9,12H2,1-2H3,(H,23,29)(H,24,30)(H,25,27)(H,26,28)/t13-,18-,19?/m0/s1. The third kappa shape index (κ3) is 7.65. The number of nitrogens with one attached hydrogen (secondary N) is 4. The number of rotatable bonds is 10. The Bertz CT molecular complexity index is 801. The molecule has 1 saturated carbocycles. The predicted octanol–water partition coefficient (Wildman–Crippen LogP) is -0.828. The van der Waals surface area contributed by atoms with Crippen LogP contribution in [0.1, 0.15) is 51.0 Å². The topological polar surface area (TPSA) is 157 Å². The maximum absolute atomic E-state index is 12.7. The van der Waals surface area contributed by atoms with Crippen LogP contribution >= 0.6 is 0 Å². The van der Waals surface area contributed by atoms with E-state index in [0.29, 0.717) is 5.56 Å². The lowest BCUT2D eigenvalue weighted by atomic mass is 9.75. The van der Waals surface area contributed by atoms with Gasteiger partial charge in [0, 0.05) is 6.92 Å². The summed E-state index contributed by atoms with van der Waals surface area (Å²) in [6.07, 6.45) is 3.65. The molecule has 0 spiro atoms. The summed E-state index contributed by atoms with van der Waals surface area (Å²) in [5.74, 6) is -2.98. The minimum atomic E-state index is -1.82. The molecule has 1 unspecified atom stereocenters. The first-order valence-electron chi connectivity index (χ1n) is 10.7. The Kier molecular flexibility index (Phi) is 9.67. The van der Waals surface area contributed by atoms with Gasteiger partial charge in [-0.3, -0.25) is 19.2 Å². The second-order valence-electron chi connectivity index (χ2n) is 8.04. The smallest absolute Gasteiger partial charge is 0.426 e. The molecule has 2 rings (SSSR count). The fourth-order valence-corrected chi connectivity index (χ4v) is 3.81. The van der Waals surface area contributed by atoms with Gasteiger partial charge in [-0.15, -0.1) is 0 Å². The molecule has 0 bridgehead atoms. The normalized spacial score (nSPS) is 16.4. The van der Waals surface area contributed by atoms with Gasteiger partial charge in [0.15, 0.2) is 0 Å². The molecule has 11 heteroatoms. The summed E-state index contributed by atoms with van der Waals surface area (Å²) >= 11 is 0. The lowest BCUT2D eigenvalue weighted by molar-refractivity contribution is -0.133. The quantitative estimate of drug-likeness (QED) is 0.258. The van der Waals surface area contributed by atoms with Crippen molar-refractivity contribution in [3.63, 3.8) is 0 Å². The summed E-state index contributed by atoms with van der Waals surface area (Å²) in [6, 6.07) is 6.79. The van der Waals surface area contributed by atoms with Crippen LogP contribution < -0.4 is 21.3 Å². The van der Waals surface area contributed by atoms with Crippen LogP contribution in [0, 0.1) is 5.92 Å². The molecule has 1 aliphatic carbocycles. The molecule has 1 aromatic carbocycles. The molecule has 0 aromatic heterocycles. The average Bonchev–Trinajstić information content (AvgIpc) is 3.28. The number of carbonyl (C=O) groups excluding carboxylic acids is 4. The van der Waals surface area contributed by atoms with Gasteiger partial charge < -0.3 is 31.3 Å². The first kappa shape index (κ1) is 25.3. The van der Waals surface area contributed by atoms with Gasteiger partial charge in [-0.2, -0.15) is 0 Å². The fourth-order valence-electron chi connectivity index (χ4n) is 3.81. The molecule has 4 amide bonds. The molecule has 32 heavy (non-hydrogen) atoms. The van der Waals surface area contributed by atoms with Crippen molar-refractivity contribution in [3.05, 3.63) is 35.9 Å². The molecule has 6 N–H and O–H groups in total. The molecule has 0 heterocycles. The second-order valence-corrected chi connectivity index (χ2v) is 8.04. The number of hydrogen-bond donors (Lipinski definition) is 6. The zero-order valence-corrected chi connectivity index (χ0v) is 18.3. The SMILES string of the molecule is CC(=O)N[C@H](C(=O)N[C@@H](C)C(=O)NCC(=O)NC(B(O)O)c1ccccc1)C1CCCC1. The molecule has 0 saturated heterocycles. The van der Waals surface area contributed by atoms with E-state index < -0.39 is 49.4 Å². The van der Waals surface area contributed by atoms with E-state index in [1.54, 1.807) is 30.3 Å². The molecule has 10 nitrogen and oxygen atoms in total. The van der Waals surface area contributed by atoms with Crippen molar-refractivity contribution >= 4 is 30.7 Å². The highest BCUT2D eigenvalue weighted by Crippen LogP contribution is 2.28. The van der Waals surface area contributed by atoms with Gasteiger partial charge >= 0.3 is 7.12 Å². The van der Waals surface area contributed by atoms with E-state index in [1.807, 2.05) is 0 Å². The van der Waals surface area contributed by atoms with Gasteiger partial charge in [-0.1, -0.05) is 43.2 Å². The van der Waals surface area contributed by atoms with Crippen LogP contribution in [-0.4, -0.2) is 59.4 Å². The summed E-state index contributed by atoms with van der Waals surface area (Å²) in [5.41, 5.74) is 0.499. The van der Waals surface area contributed by atoms with Crippen molar-refractivity contribution in [3.8, 4) is 0 Å². The number of benzene rings is 1. The summed E-state index contributed by atoms with van der Waals surface area (Å²) in [7, 11) is -1.82. The molecule has 174 valence electrons. The van der Waals surface area contributed by atoms with E-state index in [9.17, 15) is 29.2 Å². The Balaban J connectivity index is 1.86. The molecular formula is C21H31BN4O6. The van der Waals surface area contributed by atoms with Crippen LogP contribution in [0.2, 0.25) is 0 Å². The van der Waals surface area contributed by atoms with Gasteiger partial charge in [0.2, 0.25) is 23.6 Å². The summed E-state index contributed by atoms with van der Waals surface area (Å²) in [4.78, 5) is 48.7. The first-order valence-corrected chi connectivity index (χ1v) is 10.7. The van der Waals surface area contributed by atoms with Gasteiger partial charge in [-0.25, -0.2) is 0 Å². The highest BCUT2D eigenvalue weighted by atomic mass is 16.4. The van der Waals surface area contributed by atoms with E-state index in [-0.39, 0.29) is 11.8 Å². The summed E-state index contributed by atoms with van der Waals surface area (Å²) < 4.78 is 0. The zero-order valence-electron chi connectivity index (χ0n) is 18.3. The molecular weight excluding hydrogens is 415 g/mol. The Labute approximate surface area is 187 Å². The predicted molar refractivity (Wildman–Crippen MR) is 118 cm³/mol. The van der Waals surface area contributed by atoms with Gasteiger partial charge in [0.25, 0.3) is 0 Å². The number of carbonyl (C=O) groups is 4. The van der Waals surface area contributed by atoms with Crippen LogP contribution in [0.5, 0.6) is 0 Å². The van der Waals surface area contributed by atoms with E-state index in [0.717, 1.165) is 25.7 Å². The third-order valence-corrected chi connectivity index (χ3v) is 5.46. The molecule has 0 radical (unpaired) electrons. The zero-order chi connectivity index (χ0) is 23.7. The fraction of sp³-hybridized carbons (Fsp3) is 0.524. The molecule has 0 aliphatic heterocycles. The highest BCUT2D eigenvalue weighted by molar-refractivity contribution is 6.43. The van der Waals surface area contributed by atoms with E-state index >= 15 is 0 Å². The van der Waals surface area contributed by atoms with Crippen molar-refractivity contribution in [1.82, 2.24) is 21.3 Å². The average molecular weight is 446 g/mol. The van der Waals surface area contributed by atoms with Gasteiger partial charge in [-0.05, 0) is 31.2 Å². The van der Waals surface area contributed by atoms with E-state index in [2.05, 4.69) is 21.3 Å². The van der Waals surface area contributed by atoms with Crippen molar-refractivity contribution in [2.24, 2.45) is 5.92 Å². The van der Waals surface area contributed by atoms with Gasteiger partial charge in [0.05, 0.1) is 12.5 Å². The number of amides is 4. The lowest BCUT2D eigenvalue weighted by Gasteiger charge is -2.25. The van der Waals surface area contributed by atoms with Crippen LogP contribution in [-0.2, 0) is 19.2 Å². The number of hydrogen-bond acceptors (Lipinski definition) is 6. The second kappa shape index (κ2) is 12.2. The Morgan fingerprint density at radius 1 is 1.00 bits per heavy atom. The minimum Gasteiger partial charge on any atom is -0.426 e. The van der Waals surface area contributed by atoms with Crippen molar-refractivity contribution in [2.45, 2.75) is 57.6 Å². The summed E-state index contributed by atoms with van der Waals surface area (Å²) in [6.45, 7) is 2.41. The molecule has 1 fully saturated rings. The Morgan fingerprint density at radius 3 is 2.19 bits per heavy atom. The van der Waals surface area contributed by atoms with Gasteiger partial charge in [0.1, 0.15) is 12.1 Å². The lowest BCUT2D eigenvalue weighted by Crippen LogP contribution is -2.55. The van der Waals surface area contributed by atoms with Crippen molar-refractivity contribution < 1.29 is 29.2 Å². The molecule has 3 atom stereocenters. The molecule has 1 aliphatic rings. The monoisotopic (exact) mass is 446 g/mol. The van der Waals surface area contributed by atoms with Crippen LogP contribution in [0.3, 0.4) is 0 Å².